The van der Waals surface area contributed by atoms with Gasteiger partial charge in [-0.05, 0) is 22.0 Å². The number of benzene rings is 1. The van der Waals surface area contributed by atoms with Crippen molar-refractivity contribution < 1.29 is 23.0 Å². The molecule has 0 radical (unpaired) electrons. The van der Waals surface area contributed by atoms with Gasteiger partial charge in [0.05, 0.1) is 11.1 Å². The standard InChI is InChI=1S/C11H13BrF3NO2/c12-9-3-1-2-8(10(9)17)6-16-4-5-18-7-11(13,14)15/h1-3,16-17H,4-7H2. The molecule has 1 rings (SSSR count). The van der Waals surface area contributed by atoms with E-state index in [2.05, 4.69) is 26.0 Å². The molecule has 1 aromatic carbocycles. The molecule has 3 nitrogen and oxygen atoms in total. The molecule has 0 aromatic heterocycles. The first-order valence-corrected chi connectivity index (χ1v) is 6.01. The topological polar surface area (TPSA) is 41.5 Å². The first kappa shape index (κ1) is 15.3. The van der Waals surface area contributed by atoms with E-state index in [1.54, 1.807) is 18.2 Å². The maximum absolute atomic E-state index is 11.7. The fourth-order valence-electron chi connectivity index (χ4n) is 1.26. The lowest BCUT2D eigenvalue weighted by molar-refractivity contribution is -0.173. The van der Waals surface area contributed by atoms with E-state index in [1.165, 1.54) is 0 Å². The SMILES string of the molecule is Oc1c(Br)cccc1CNCCOCC(F)(F)F. The Morgan fingerprint density at radius 2 is 2.06 bits per heavy atom. The van der Waals surface area contributed by atoms with E-state index in [0.717, 1.165) is 0 Å². The van der Waals surface area contributed by atoms with Crippen LogP contribution in [0.25, 0.3) is 0 Å². The quantitative estimate of drug-likeness (QED) is 0.789. The van der Waals surface area contributed by atoms with Crippen molar-refractivity contribution in [3.63, 3.8) is 0 Å². The molecule has 0 bridgehead atoms. The number of ether oxygens (including phenoxy) is 1. The van der Waals surface area contributed by atoms with Crippen LogP contribution in [0.1, 0.15) is 5.56 Å². The van der Waals surface area contributed by atoms with Crippen LogP contribution in [0, 0.1) is 0 Å². The van der Waals surface area contributed by atoms with Crippen molar-refractivity contribution >= 4 is 15.9 Å². The third-order valence-corrected chi connectivity index (χ3v) is 2.71. The number of aromatic hydroxyl groups is 1. The summed E-state index contributed by atoms with van der Waals surface area (Å²) in [5.74, 6) is 0.126. The van der Waals surface area contributed by atoms with Crippen molar-refractivity contribution in [1.29, 1.82) is 0 Å². The van der Waals surface area contributed by atoms with Gasteiger partial charge in [0, 0.05) is 18.7 Å². The second kappa shape index (κ2) is 6.96. The van der Waals surface area contributed by atoms with E-state index < -0.39 is 12.8 Å². The minimum atomic E-state index is -4.29. The van der Waals surface area contributed by atoms with E-state index in [-0.39, 0.29) is 18.9 Å². The van der Waals surface area contributed by atoms with Gasteiger partial charge in [0.25, 0.3) is 0 Å². The van der Waals surface area contributed by atoms with Crippen LogP contribution in [0.5, 0.6) is 5.75 Å². The minimum Gasteiger partial charge on any atom is -0.506 e. The van der Waals surface area contributed by atoms with Crippen LogP contribution in [0.3, 0.4) is 0 Å². The summed E-state index contributed by atoms with van der Waals surface area (Å²) in [6.07, 6.45) is -4.29. The third kappa shape index (κ3) is 5.70. The Morgan fingerprint density at radius 3 is 2.72 bits per heavy atom. The van der Waals surface area contributed by atoms with Crippen LogP contribution in [0.2, 0.25) is 0 Å². The second-order valence-electron chi connectivity index (χ2n) is 3.59. The highest BCUT2D eigenvalue weighted by molar-refractivity contribution is 9.10. The van der Waals surface area contributed by atoms with Crippen molar-refractivity contribution in [3.05, 3.63) is 28.2 Å². The van der Waals surface area contributed by atoms with Crippen molar-refractivity contribution in [3.8, 4) is 5.75 Å². The average Bonchev–Trinajstić information content (AvgIpc) is 2.27. The molecule has 102 valence electrons. The Morgan fingerprint density at radius 1 is 1.33 bits per heavy atom. The van der Waals surface area contributed by atoms with Crippen LogP contribution in [-0.4, -0.2) is 31.0 Å². The fourth-order valence-corrected chi connectivity index (χ4v) is 1.67. The molecule has 2 N–H and O–H groups in total. The summed E-state index contributed by atoms with van der Waals surface area (Å²) in [5.41, 5.74) is 0.667. The third-order valence-electron chi connectivity index (χ3n) is 2.07. The second-order valence-corrected chi connectivity index (χ2v) is 4.45. The molecule has 0 fully saturated rings. The van der Waals surface area contributed by atoms with Gasteiger partial charge in [-0.2, -0.15) is 13.2 Å². The number of alkyl halides is 3. The molecule has 0 saturated carbocycles. The maximum Gasteiger partial charge on any atom is 0.411 e. The molecular formula is C11H13BrF3NO2. The van der Waals surface area contributed by atoms with Crippen molar-refractivity contribution in [1.82, 2.24) is 5.32 Å². The molecule has 0 aliphatic heterocycles. The first-order chi connectivity index (χ1) is 8.40. The zero-order valence-electron chi connectivity index (χ0n) is 9.43. The molecule has 0 atom stereocenters. The van der Waals surface area contributed by atoms with Gasteiger partial charge in [-0.25, -0.2) is 0 Å². The first-order valence-electron chi connectivity index (χ1n) is 5.22. The highest BCUT2D eigenvalue weighted by atomic mass is 79.9. The Labute approximate surface area is 111 Å². The lowest BCUT2D eigenvalue weighted by Crippen LogP contribution is -2.23. The molecule has 1 aromatic rings. The normalized spacial score (nSPS) is 11.8. The smallest absolute Gasteiger partial charge is 0.411 e. The Hall–Kier alpha value is -0.790. The van der Waals surface area contributed by atoms with Crippen LogP contribution in [-0.2, 0) is 11.3 Å². The summed E-state index contributed by atoms with van der Waals surface area (Å²) >= 11 is 3.17. The van der Waals surface area contributed by atoms with E-state index in [4.69, 9.17) is 0 Å². The number of phenolic OH excluding ortho intramolecular Hbond substituents is 1. The van der Waals surface area contributed by atoms with Gasteiger partial charge in [-0.15, -0.1) is 0 Å². The lowest BCUT2D eigenvalue weighted by Gasteiger charge is -2.09. The number of phenols is 1. The van der Waals surface area contributed by atoms with Gasteiger partial charge in [0.2, 0.25) is 0 Å². The zero-order valence-corrected chi connectivity index (χ0v) is 11.0. The van der Waals surface area contributed by atoms with E-state index >= 15 is 0 Å². The van der Waals surface area contributed by atoms with E-state index in [0.29, 0.717) is 16.6 Å². The molecule has 0 unspecified atom stereocenters. The summed E-state index contributed by atoms with van der Waals surface area (Å²) in [7, 11) is 0. The largest absolute Gasteiger partial charge is 0.506 e. The zero-order chi connectivity index (χ0) is 13.6. The molecule has 0 saturated heterocycles. The molecule has 7 heteroatoms. The van der Waals surface area contributed by atoms with Crippen LogP contribution >= 0.6 is 15.9 Å². The monoisotopic (exact) mass is 327 g/mol. The van der Waals surface area contributed by atoms with Gasteiger partial charge in [-0.1, -0.05) is 12.1 Å². The predicted octanol–water partition coefficient (Wildman–Crippen LogP) is 2.82. The number of hydrogen-bond acceptors (Lipinski definition) is 3. The highest BCUT2D eigenvalue weighted by Gasteiger charge is 2.27. The van der Waals surface area contributed by atoms with Gasteiger partial charge in [-0.3, -0.25) is 0 Å². The van der Waals surface area contributed by atoms with Gasteiger partial charge in [0.1, 0.15) is 12.4 Å². The van der Waals surface area contributed by atoms with Crippen LogP contribution in [0.15, 0.2) is 22.7 Å². The Bertz CT molecular complexity index is 385. The lowest BCUT2D eigenvalue weighted by atomic mass is 10.2. The molecular weight excluding hydrogens is 315 g/mol. The van der Waals surface area contributed by atoms with Crippen molar-refractivity contribution in [2.75, 3.05) is 19.8 Å². The van der Waals surface area contributed by atoms with Gasteiger partial charge >= 0.3 is 6.18 Å². The molecule has 0 aliphatic rings. The maximum atomic E-state index is 11.7. The molecule has 0 aliphatic carbocycles. The van der Waals surface area contributed by atoms with E-state index in [1.807, 2.05) is 0 Å². The van der Waals surface area contributed by atoms with Crippen LogP contribution in [0.4, 0.5) is 13.2 Å². The molecule has 0 spiro atoms. The number of para-hydroxylation sites is 1. The van der Waals surface area contributed by atoms with Gasteiger partial charge in [0.15, 0.2) is 0 Å². The predicted molar refractivity (Wildman–Crippen MR) is 64.4 cm³/mol. The molecule has 0 amide bonds. The molecule has 0 heterocycles. The fraction of sp³-hybridized carbons (Fsp3) is 0.455. The summed E-state index contributed by atoms with van der Waals surface area (Å²) in [4.78, 5) is 0. The summed E-state index contributed by atoms with van der Waals surface area (Å²) in [5, 5.41) is 12.5. The van der Waals surface area contributed by atoms with E-state index in [9.17, 15) is 18.3 Å². The Balaban J connectivity index is 2.20. The molecule has 18 heavy (non-hydrogen) atoms. The number of hydrogen-bond donors (Lipinski definition) is 2. The van der Waals surface area contributed by atoms with Crippen molar-refractivity contribution in [2.24, 2.45) is 0 Å². The number of halogens is 4. The average molecular weight is 328 g/mol. The Kier molecular flexibility index (Phi) is 5.90. The summed E-state index contributed by atoms with van der Waals surface area (Å²) in [6.45, 7) is -0.631. The summed E-state index contributed by atoms with van der Waals surface area (Å²) < 4.78 is 40.2. The minimum absolute atomic E-state index is 0.0335. The summed E-state index contributed by atoms with van der Waals surface area (Å²) in [6, 6.07) is 5.19. The number of rotatable bonds is 6. The van der Waals surface area contributed by atoms with Crippen molar-refractivity contribution in [2.45, 2.75) is 12.7 Å². The van der Waals surface area contributed by atoms with Crippen LogP contribution < -0.4 is 5.32 Å². The number of nitrogens with one attached hydrogen (secondary N) is 1. The highest BCUT2D eigenvalue weighted by Crippen LogP contribution is 2.27. The van der Waals surface area contributed by atoms with Gasteiger partial charge < -0.3 is 15.2 Å².